The molecule has 0 radical (unpaired) electrons. The first-order chi connectivity index (χ1) is 17.4. The number of carbonyl (C=O) groups is 1. The fourth-order valence-corrected chi connectivity index (χ4v) is 6.00. The maximum absolute atomic E-state index is 14.5. The van der Waals surface area contributed by atoms with Crippen LogP contribution in [0.3, 0.4) is 0 Å². The van der Waals surface area contributed by atoms with Gasteiger partial charge in [-0.3, -0.25) is 14.1 Å². The summed E-state index contributed by atoms with van der Waals surface area (Å²) in [5.74, 6) is 0.0732. The highest BCUT2D eigenvalue weighted by Crippen LogP contribution is 2.29. The minimum atomic E-state index is 0.0732. The minimum absolute atomic E-state index is 0.0732. The minimum Gasteiger partial charge on any atom is -0.310 e. The van der Waals surface area contributed by atoms with Gasteiger partial charge in [0.25, 0.3) is 0 Å². The highest BCUT2D eigenvalue weighted by molar-refractivity contribution is 6.12. The molecule has 2 atom stereocenters. The number of likely N-dealkylation sites (N-methyl/N-ethyl adjacent to an activating group) is 2. The summed E-state index contributed by atoms with van der Waals surface area (Å²) >= 11 is 0. The lowest BCUT2D eigenvalue weighted by Gasteiger charge is -2.27. The average Bonchev–Trinajstić information content (AvgIpc) is 3.66. The highest BCUT2D eigenvalue weighted by Gasteiger charge is 2.32. The van der Waals surface area contributed by atoms with E-state index in [1.165, 1.54) is 0 Å². The summed E-state index contributed by atoms with van der Waals surface area (Å²) in [4.78, 5) is 19.0. The van der Waals surface area contributed by atoms with Crippen LogP contribution in [-0.4, -0.2) is 91.4 Å². The lowest BCUT2D eigenvalue weighted by molar-refractivity contribution is 0.102. The van der Waals surface area contributed by atoms with Gasteiger partial charge in [0.1, 0.15) is 11.4 Å². The Morgan fingerprint density at radius 2 is 1.11 bits per heavy atom. The van der Waals surface area contributed by atoms with Crippen LogP contribution in [0.4, 0.5) is 0 Å². The van der Waals surface area contributed by atoms with Crippen LogP contribution in [0.1, 0.15) is 29.0 Å². The Labute approximate surface area is 213 Å². The smallest absolute Gasteiger partial charge is 0.229 e. The molecule has 4 aromatic rings. The maximum Gasteiger partial charge on any atom is 0.229 e. The van der Waals surface area contributed by atoms with E-state index in [0.29, 0.717) is 12.1 Å². The van der Waals surface area contributed by atoms with Crippen LogP contribution in [0, 0.1) is 0 Å². The van der Waals surface area contributed by atoms with Gasteiger partial charge in [0, 0.05) is 35.9 Å². The summed E-state index contributed by atoms with van der Waals surface area (Å²) in [6, 6.07) is 21.8. The summed E-state index contributed by atoms with van der Waals surface area (Å²) in [5.41, 5.74) is 3.67. The number of ketones is 1. The molecule has 0 saturated carbocycles. The first kappa shape index (κ1) is 23.1. The molecule has 2 aromatic carbocycles. The van der Waals surface area contributed by atoms with Crippen molar-refractivity contribution >= 4 is 27.6 Å². The number of fused-ring (bicyclic) bond motifs is 2. The number of benzene rings is 2. The van der Waals surface area contributed by atoms with Crippen LogP contribution in [0.5, 0.6) is 0 Å². The van der Waals surface area contributed by atoms with E-state index < -0.39 is 0 Å². The molecule has 2 unspecified atom stereocenters. The summed E-state index contributed by atoms with van der Waals surface area (Å²) in [5, 5.41) is 6.91. The Balaban J connectivity index is 1.47. The van der Waals surface area contributed by atoms with Crippen LogP contribution in [0.15, 0.2) is 60.7 Å². The zero-order valence-electron chi connectivity index (χ0n) is 21.8. The van der Waals surface area contributed by atoms with Crippen molar-refractivity contribution in [3.05, 3.63) is 72.1 Å². The maximum atomic E-state index is 14.5. The quantitative estimate of drug-likeness (QED) is 0.393. The highest BCUT2D eigenvalue weighted by atomic mass is 16.1. The third-order valence-corrected chi connectivity index (χ3v) is 8.15. The normalized spacial score (nSPS) is 20.6. The van der Waals surface area contributed by atoms with Crippen molar-refractivity contribution in [1.82, 2.24) is 19.2 Å². The molecule has 0 aliphatic carbocycles. The molecule has 2 aliphatic rings. The third-order valence-electron chi connectivity index (χ3n) is 8.15. The van der Waals surface area contributed by atoms with Gasteiger partial charge in [-0.05, 0) is 65.3 Å². The van der Waals surface area contributed by atoms with Gasteiger partial charge in [0.15, 0.2) is 0 Å². The molecule has 2 aliphatic heterocycles. The first-order valence-electron chi connectivity index (χ1n) is 13.0. The van der Waals surface area contributed by atoms with E-state index in [2.05, 4.69) is 118 Å². The molecule has 2 fully saturated rings. The standard InChI is InChI=1S/C29H36N6O/c1-30(2)23-13-15-32(19-23)34-25-11-7-5-9-21(25)17-27(34)29(36)28-18-22-10-6-8-12-26(22)35(28)33-16-14-24(20-33)31(3)4/h5-12,17-18,23-24H,13-16,19-20H2,1-4H3. The van der Waals surface area contributed by atoms with Crippen LogP contribution < -0.4 is 10.0 Å². The van der Waals surface area contributed by atoms with Gasteiger partial charge < -0.3 is 19.8 Å². The van der Waals surface area contributed by atoms with E-state index >= 15 is 0 Å². The molecule has 4 heterocycles. The predicted molar refractivity (Wildman–Crippen MR) is 147 cm³/mol. The Bertz CT molecular complexity index is 1310. The Kier molecular flexibility index (Phi) is 5.77. The van der Waals surface area contributed by atoms with Gasteiger partial charge in [0.05, 0.1) is 24.1 Å². The summed E-state index contributed by atoms with van der Waals surface area (Å²) < 4.78 is 4.38. The predicted octanol–water partition coefficient (Wildman–Crippen LogP) is 3.37. The molecule has 2 saturated heterocycles. The van der Waals surface area contributed by atoms with Gasteiger partial charge >= 0.3 is 0 Å². The first-order valence-corrected chi connectivity index (χ1v) is 13.0. The molecule has 0 N–H and O–H groups in total. The van der Waals surface area contributed by atoms with Gasteiger partial charge in [-0.1, -0.05) is 36.4 Å². The van der Waals surface area contributed by atoms with Crippen molar-refractivity contribution in [3.8, 4) is 0 Å². The summed E-state index contributed by atoms with van der Waals surface area (Å²) in [7, 11) is 8.57. The molecule has 188 valence electrons. The van der Waals surface area contributed by atoms with Crippen LogP contribution in [0.2, 0.25) is 0 Å². The average molecular weight is 485 g/mol. The number of rotatable bonds is 6. The van der Waals surface area contributed by atoms with E-state index in [0.717, 1.165) is 72.2 Å². The zero-order chi connectivity index (χ0) is 25.0. The lowest BCUT2D eigenvalue weighted by atomic mass is 10.2. The molecule has 0 amide bonds. The topological polar surface area (TPSA) is 39.9 Å². The van der Waals surface area contributed by atoms with Crippen molar-refractivity contribution in [3.63, 3.8) is 0 Å². The second kappa shape index (κ2) is 8.98. The molecule has 7 nitrogen and oxygen atoms in total. The van der Waals surface area contributed by atoms with E-state index in [1.54, 1.807) is 0 Å². The van der Waals surface area contributed by atoms with Gasteiger partial charge in [-0.15, -0.1) is 0 Å². The number of nitrogens with zero attached hydrogens (tertiary/aromatic N) is 6. The Morgan fingerprint density at radius 1 is 0.694 bits per heavy atom. The van der Waals surface area contributed by atoms with E-state index in [9.17, 15) is 4.79 Å². The van der Waals surface area contributed by atoms with Crippen LogP contribution >= 0.6 is 0 Å². The zero-order valence-corrected chi connectivity index (χ0v) is 21.8. The second-order valence-electron chi connectivity index (χ2n) is 10.8. The van der Waals surface area contributed by atoms with Crippen molar-refractivity contribution in [2.45, 2.75) is 24.9 Å². The summed E-state index contributed by atoms with van der Waals surface area (Å²) in [6.45, 7) is 3.68. The number of hydrogen-bond acceptors (Lipinski definition) is 5. The number of carbonyl (C=O) groups excluding carboxylic acids is 1. The molecule has 6 rings (SSSR count). The molecular formula is C29H36N6O. The molecule has 36 heavy (non-hydrogen) atoms. The molecule has 0 spiro atoms. The van der Waals surface area contributed by atoms with Gasteiger partial charge in [0.2, 0.25) is 5.78 Å². The Hall–Kier alpha value is -3.29. The molecule has 0 bridgehead atoms. The van der Waals surface area contributed by atoms with E-state index in [-0.39, 0.29) is 5.78 Å². The lowest BCUT2D eigenvalue weighted by Crippen LogP contribution is -2.40. The van der Waals surface area contributed by atoms with Crippen molar-refractivity contribution in [2.24, 2.45) is 0 Å². The van der Waals surface area contributed by atoms with Crippen LogP contribution in [-0.2, 0) is 0 Å². The van der Waals surface area contributed by atoms with Gasteiger partial charge in [-0.2, -0.15) is 0 Å². The molecular weight excluding hydrogens is 448 g/mol. The van der Waals surface area contributed by atoms with Crippen LogP contribution in [0.25, 0.3) is 21.8 Å². The number of para-hydroxylation sites is 2. The van der Waals surface area contributed by atoms with Crippen molar-refractivity contribution < 1.29 is 4.79 Å². The van der Waals surface area contributed by atoms with E-state index in [1.807, 2.05) is 0 Å². The van der Waals surface area contributed by atoms with Gasteiger partial charge in [-0.25, -0.2) is 0 Å². The largest absolute Gasteiger partial charge is 0.310 e. The summed E-state index contributed by atoms with van der Waals surface area (Å²) in [6.07, 6.45) is 2.18. The fourth-order valence-electron chi connectivity index (χ4n) is 6.00. The van der Waals surface area contributed by atoms with E-state index in [4.69, 9.17) is 0 Å². The third kappa shape index (κ3) is 3.78. The number of hydrogen-bond donors (Lipinski definition) is 0. The SMILES string of the molecule is CN(C)C1CCN(n2c(C(=O)c3cc4ccccc4n3N3CCC(N(C)C)C3)cc3ccccc32)C1. The molecule has 2 aromatic heterocycles. The second-order valence-corrected chi connectivity index (χ2v) is 10.8. The molecule has 7 heteroatoms. The fraction of sp³-hybridized carbons (Fsp3) is 0.414. The van der Waals surface area contributed by atoms with Crippen molar-refractivity contribution in [1.29, 1.82) is 0 Å². The van der Waals surface area contributed by atoms with Crippen molar-refractivity contribution in [2.75, 3.05) is 64.4 Å². The Morgan fingerprint density at radius 3 is 1.50 bits per heavy atom. The monoisotopic (exact) mass is 484 g/mol. The number of aromatic nitrogens is 2.